The Kier molecular flexibility index (Phi) is 4.79. The molecule has 1 N–H and O–H groups in total. The molecule has 1 saturated heterocycles. The number of carboxylic acids is 1. The number of aliphatic carboxylic acids is 1. The zero-order valence-electron chi connectivity index (χ0n) is 14.6. The molecule has 0 spiro atoms. The molecule has 1 fully saturated rings. The summed E-state index contributed by atoms with van der Waals surface area (Å²) in [5, 5.41) is 10.3. The van der Waals surface area contributed by atoms with Crippen molar-refractivity contribution in [3.63, 3.8) is 0 Å². The molecule has 3 heterocycles. The van der Waals surface area contributed by atoms with Crippen LogP contribution >= 0.6 is 11.6 Å². The zero-order chi connectivity index (χ0) is 19.9. The smallest absolute Gasteiger partial charge is 0.337 e. The van der Waals surface area contributed by atoms with Gasteiger partial charge >= 0.3 is 17.9 Å². The number of ether oxygens (including phenoxy) is 3. The number of hydrogen-bond donors (Lipinski definition) is 1. The van der Waals surface area contributed by atoms with Crippen molar-refractivity contribution in [3.8, 4) is 0 Å². The van der Waals surface area contributed by atoms with Crippen molar-refractivity contribution in [2.75, 3.05) is 0 Å². The molecule has 3 rings (SSSR count). The maximum absolute atomic E-state index is 11.8. The zero-order valence-corrected chi connectivity index (χ0v) is 15.3. The molecule has 1 aliphatic heterocycles. The van der Waals surface area contributed by atoms with Crippen LogP contribution in [-0.2, 0) is 28.6 Å². The topological polar surface area (TPSA) is 130 Å². The number of carbonyl (C=O) groups excluding carboxylic acids is 2. The van der Waals surface area contributed by atoms with E-state index in [-0.39, 0.29) is 5.15 Å². The lowest BCUT2D eigenvalue weighted by atomic mass is 9.93. The number of hydrogen-bond acceptors (Lipinski definition) is 8. The lowest BCUT2D eigenvalue weighted by molar-refractivity contribution is -0.185. The average molecular weight is 398 g/mol. The van der Waals surface area contributed by atoms with E-state index in [1.54, 1.807) is 12.3 Å². The van der Waals surface area contributed by atoms with Crippen LogP contribution in [0.2, 0.25) is 5.15 Å². The average Bonchev–Trinajstić information content (AvgIpc) is 3.08. The van der Waals surface area contributed by atoms with Crippen LogP contribution < -0.4 is 0 Å². The number of nitrogens with zero attached hydrogens (tertiary/aromatic N) is 3. The molecule has 1 aliphatic rings. The summed E-state index contributed by atoms with van der Waals surface area (Å²) in [5.74, 6) is -2.81. The van der Waals surface area contributed by atoms with Gasteiger partial charge in [0.2, 0.25) is 6.10 Å². The Labute approximate surface area is 158 Å². The van der Waals surface area contributed by atoms with Gasteiger partial charge < -0.3 is 23.9 Å². The summed E-state index contributed by atoms with van der Waals surface area (Å²) < 4.78 is 17.7. The fraction of sp³-hybridized carbons (Fsp3) is 0.438. The number of aromatic nitrogens is 3. The van der Waals surface area contributed by atoms with Gasteiger partial charge in [-0.3, -0.25) is 9.59 Å². The van der Waals surface area contributed by atoms with Crippen LogP contribution in [0.5, 0.6) is 0 Å². The molecule has 11 heteroatoms. The Bertz CT molecular complexity index is 930. The Morgan fingerprint density at radius 1 is 1.30 bits per heavy atom. The molecule has 27 heavy (non-hydrogen) atoms. The highest BCUT2D eigenvalue weighted by atomic mass is 35.5. The third-order valence-corrected chi connectivity index (χ3v) is 4.54. The SMILES string of the molecule is CC(=O)O[C@H]1[C@H](n2ccc3c(Cl)ncnc32)O[C@H](C(=O)O)[C@@]1(C)OC(C)=O. The second-order valence-corrected chi connectivity index (χ2v) is 6.54. The van der Waals surface area contributed by atoms with E-state index in [4.69, 9.17) is 25.8 Å². The molecule has 2 aromatic rings. The van der Waals surface area contributed by atoms with Gasteiger partial charge in [0, 0.05) is 20.0 Å². The van der Waals surface area contributed by atoms with Gasteiger partial charge in [0.05, 0.1) is 5.39 Å². The molecular weight excluding hydrogens is 382 g/mol. The highest BCUT2D eigenvalue weighted by Gasteiger charge is 2.62. The fourth-order valence-electron chi connectivity index (χ4n) is 3.21. The number of halogens is 1. The van der Waals surface area contributed by atoms with Crippen LogP contribution in [-0.4, -0.2) is 55.4 Å². The van der Waals surface area contributed by atoms with Crippen molar-refractivity contribution < 1.29 is 33.7 Å². The Morgan fingerprint density at radius 3 is 2.59 bits per heavy atom. The van der Waals surface area contributed by atoms with Crippen LogP contribution in [0.4, 0.5) is 0 Å². The van der Waals surface area contributed by atoms with Crippen molar-refractivity contribution in [1.29, 1.82) is 0 Å². The summed E-state index contributed by atoms with van der Waals surface area (Å²) >= 11 is 6.05. The third kappa shape index (κ3) is 3.21. The molecule has 144 valence electrons. The predicted octanol–water partition coefficient (Wildman–Crippen LogP) is 1.32. The van der Waals surface area contributed by atoms with Crippen LogP contribution in [0.25, 0.3) is 11.0 Å². The standard InChI is InChI=1S/C16H16ClN3O7/c1-7(21)25-10-14(20-5-4-9-12(17)18-6-19-13(9)20)26-11(15(23)24)16(10,3)27-8(2)22/h4-6,10-11,14H,1-3H3,(H,23,24)/t10-,11+,14+,16-/m0/s1. The van der Waals surface area contributed by atoms with Crippen LogP contribution in [0.1, 0.15) is 27.0 Å². The number of fused-ring (bicyclic) bond motifs is 1. The van der Waals surface area contributed by atoms with Crippen molar-refractivity contribution in [2.45, 2.75) is 44.8 Å². The molecule has 0 radical (unpaired) electrons. The first-order valence-corrected chi connectivity index (χ1v) is 8.25. The third-order valence-electron chi connectivity index (χ3n) is 4.24. The maximum Gasteiger partial charge on any atom is 0.337 e. The number of esters is 2. The molecule has 0 aromatic carbocycles. The monoisotopic (exact) mass is 397 g/mol. The van der Waals surface area contributed by atoms with Gasteiger partial charge in [0.25, 0.3) is 0 Å². The number of carbonyl (C=O) groups is 3. The molecular formula is C16H16ClN3O7. The summed E-state index contributed by atoms with van der Waals surface area (Å²) in [4.78, 5) is 43.0. The molecule has 10 nitrogen and oxygen atoms in total. The first-order chi connectivity index (χ1) is 12.6. The minimum atomic E-state index is -1.76. The van der Waals surface area contributed by atoms with Gasteiger partial charge in [-0.05, 0) is 13.0 Å². The minimum absolute atomic E-state index is 0.193. The lowest BCUT2D eigenvalue weighted by Crippen LogP contribution is -2.52. The van der Waals surface area contributed by atoms with E-state index in [1.807, 2.05) is 0 Å². The van der Waals surface area contributed by atoms with Gasteiger partial charge in [0.15, 0.2) is 17.9 Å². The lowest BCUT2D eigenvalue weighted by Gasteiger charge is -2.32. The van der Waals surface area contributed by atoms with Gasteiger partial charge in [-0.1, -0.05) is 11.6 Å². The predicted molar refractivity (Wildman–Crippen MR) is 89.8 cm³/mol. The quantitative estimate of drug-likeness (QED) is 0.599. The van der Waals surface area contributed by atoms with E-state index < -0.39 is 41.9 Å². The molecule has 0 saturated carbocycles. The number of rotatable bonds is 4. The summed E-state index contributed by atoms with van der Waals surface area (Å²) in [5.41, 5.74) is -1.42. The molecule has 0 amide bonds. The Balaban J connectivity index is 2.15. The maximum atomic E-state index is 11.8. The van der Waals surface area contributed by atoms with Gasteiger partial charge in [-0.25, -0.2) is 14.8 Å². The molecule has 0 bridgehead atoms. The molecule has 4 atom stereocenters. The van der Waals surface area contributed by atoms with Gasteiger partial charge in [0.1, 0.15) is 17.1 Å². The molecule has 0 unspecified atom stereocenters. The Morgan fingerprint density at radius 2 is 2.00 bits per heavy atom. The van der Waals surface area contributed by atoms with E-state index in [2.05, 4.69) is 9.97 Å². The van der Waals surface area contributed by atoms with Crippen LogP contribution in [0.3, 0.4) is 0 Å². The largest absolute Gasteiger partial charge is 0.479 e. The molecule has 2 aromatic heterocycles. The summed E-state index contributed by atoms with van der Waals surface area (Å²) in [7, 11) is 0. The van der Waals surface area contributed by atoms with E-state index in [1.165, 1.54) is 17.8 Å². The summed E-state index contributed by atoms with van der Waals surface area (Å²) in [6.45, 7) is 3.63. The van der Waals surface area contributed by atoms with E-state index in [0.717, 1.165) is 13.8 Å². The highest BCUT2D eigenvalue weighted by Crippen LogP contribution is 2.43. The minimum Gasteiger partial charge on any atom is -0.479 e. The van der Waals surface area contributed by atoms with Gasteiger partial charge in [-0.15, -0.1) is 0 Å². The van der Waals surface area contributed by atoms with Crippen molar-refractivity contribution in [2.24, 2.45) is 0 Å². The normalized spacial score (nSPS) is 27.5. The first kappa shape index (κ1) is 19.1. The van der Waals surface area contributed by atoms with Crippen LogP contribution in [0.15, 0.2) is 18.6 Å². The van der Waals surface area contributed by atoms with Crippen LogP contribution in [0, 0.1) is 0 Å². The first-order valence-electron chi connectivity index (χ1n) is 7.87. The summed E-state index contributed by atoms with van der Waals surface area (Å²) in [6.07, 6.45) is -1.17. The van der Waals surface area contributed by atoms with Crippen molar-refractivity contribution in [1.82, 2.24) is 14.5 Å². The van der Waals surface area contributed by atoms with Gasteiger partial charge in [-0.2, -0.15) is 0 Å². The molecule has 0 aliphatic carbocycles. The highest BCUT2D eigenvalue weighted by molar-refractivity contribution is 6.33. The van der Waals surface area contributed by atoms with E-state index in [0.29, 0.717) is 11.0 Å². The second kappa shape index (κ2) is 6.78. The fourth-order valence-corrected chi connectivity index (χ4v) is 3.40. The number of carboxylic acid groups (broad SMARTS) is 1. The van der Waals surface area contributed by atoms with E-state index >= 15 is 0 Å². The van der Waals surface area contributed by atoms with E-state index in [9.17, 15) is 19.5 Å². The van der Waals surface area contributed by atoms with Crippen molar-refractivity contribution in [3.05, 3.63) is 23.7 Å². The van der Waals surface area contributed by atoms with Crippen molar-refractivity contribution >= 4 is 40.5 Å². The summed E-state index contributed by atoms with van der Waals surface area (Å²) in [6, 6.07) is 1.61. The second-order valence-electron chi connectivity index (χ2n) is 6.18. The Hall–Kier alpha value is -2.72.